The van der Waals surface area contributed by atoms with Crippen LogP contribution in [-0.2, 0) is 9.53 Å². The number of hydrogen-bond donors (Lipinski definition) is 0. The number of benzene rings is 1. The van der Waals surface area contributed by atoms with Crippen LogP contribution in [0.15, 0.2) is 28.8 Å². The van der Waals surface area contributed by atoms with E-state index in [4.69, 9.17) is 14.0 Å². The van der Waals surface area contributed by atoms with Gasteiger partial charge in [-0.05, 0) is 36.6 Å². The van der Waals surface area contributed by atoms with Crippen molar-refractivity contribution in [2.24, 2.45) is 5.92 Å². The lowest BCUT2D eigenvalue weighted by molar-refractivity contribution is -0.672. The monoisotopic (exact) mass is 375 g/mol. The van der Waals surface area contributed by atoms with Gasteiger partial charge in [-0.2, -0.15) is 0 Å². The number of piperidine rings is 1. The minimum Gasteiger partial charge on any atom is -0.538 e. The number of rotatable bonds is 5. The van der Waals surface area contributed by atoms with Crippen molar-refractivity contribution in [2.45, 2.75) is 19.8 Å². The van der Waals surface area contributed by atoms with E-state index in [-0.39, 0.29) is 17.6 Å². The molecule has 0 radical (unpaired) electrons. The molecule has 0 N–H and O–H groups in total. The zero-order valence-electron chi connectivity index (χ0n) is 15.2. The van der Waals surface area contributed by atoms with Gasteiger partial charge >= 0.3 is 17.6 Å². The van der Waals surface area contributed by atoms with E-state index in [2.05, 4.69) is 5.27 Å². The fourth-order valence-corrected chi connectivity index (χ4v) is 3.05. The quantitative estimate of drug-likeness (QED) is 0.551. The second-order valence-corrected chi connectivity index (χ2v) is 6.14. The van der Waals surface area contributed by atoms with Gasteiger partial charge < -0.3 is 24.0 Å². The number of aromatic nitrogens is 2. The molecule has 1 aliphatic heterocycles. The summed E-state index contributed by atoms with van der Waals surface area (Å²) in [6.07, 6.45) is 0.985. The summed E-state index contributed by atoms with van der Waals surface area (Å²) in [7, 11) is 1.54. The lowest BCUT2D eigenvalue weighted by Gasteiger charge is -2.29. The first kappa shape index (κ1) is 18.7. The van der Waals surface area contributed by atoms with E-state index >= 15 is 0 Å². The van der Waals surface area contributed by atoms with Crippen LogP contribution in [0.3, 0.4) is 0 Å². The van der Waals surface area contributed by atoms with E-state index in [1.807, 2.05) is 0 Å². The van der Waals surface area contributed by atoms with Crippen molar-refractivity contribution in [1.29, 1.82) is 0 Å². The number of nitrogens with zero attached hydrogens (tertiary/aromatic N) is 3. The van der Waals surface area contributed by atoms with Gasteiger partial charge in [-0.1, -0.05) is 0 Å². The molecule has 2 heterocycles. The van der Waals surface area contributed by atoms with Crippen molar-refractivity contribution in [3.8, 4) is 17.4 Å². The maximum Gasteiger partial charge on any atom is 0.327 e. The molecule has 0 spiro atoms. The third-order valence-electron chi connectivity index (χ3n) is 4.53. The van der Waals surface area contributed by atoms with Crippen molar-refractivity contribution >= 4 is 11.9 Å². The molecule has 9 nitrogen and oxygen atoms in total. The number of methoxy groups -OCH3 is 1. The molecule has 1 saturated heterocycles. The van der Waals surface area contributed by atoms with Gasteiger partial charge in [0.2, 0.25) is 5.69 Å². The summed E-state index contributed by atoms with van der Waals surface area (Å²) < 4.78 is 16.0. The van der Waals surface area contributed by atoms with Gasteiger partial charge in [0, 0.05) is 25.2 Å². The normalized spacial score (nSPS) is 14.8. The average molecular weight is 375 g/mol. The molecule has 1 aliphatic rings. The first-order valence-electron chi connectivity index (χ1n) is 8.74. The molecule has 1 aromatic heterocycles. The number of carbonyl (C=O) groups is 2. The predicted molar refractivity (Wildman–Crippen MR) is 89.3 cm³/mol. The largest absolute Gasteiger partial charge is 0.538 e. The van der Waals surface area contributed by atoms with Crippen molar-refractivity contribution in [2.75, 3.05) is 26.8 Å². The van der Waals surface area contributed by atoms with Gasteiger partial charge in [0.25, 0.3) is 0 Å². The smallest absolute Gasteiger partial charge is 0.327 e. The molecule has 0 atom stereocenters. The third kappa shape index (κ3) is 3.86. The minimum absolute atomic E-state index is 0.172. The van der Waals surface area contributed by atoms with Crippen LogP contribution in [0.1, 0.15) is 30.3 Å². The predicted octanol–water partition coefficient (Wildman–Crippen LogP) is 0.449. The maximum atomic E-state index is 12.9. The first-order chi connectivity index (χ1) is 13.0. The highest BCUT2D eigenvalue weighted by Gasteiger charge is 2.35. The standard InChI is InChI=1S/C18H21N3O6/c1-3-26-17(23)12-8-10-20(11-9-12)16(22)15-18(24)27-19-21(15)13-4-6-14(25-2)7-5-13/h4-7,12H,3,8-11H2,1-2H3. The van der Waals surface area contributed by atoms with Crippen molar-refractivity contribution in [3.05, 3.63) is 30.0 Å². The summed E-state index contributed by atoms with van der Waals surface area (Å²) >= 11 is 0. The molecule has 144 valence electrons. The molecule has 27 heavy (non-hydrogen) atoms. The van der Waals surface area contributed by atoms with Crippen LogP contribution in [0.4, 0.5) is 0 Å². The first-order valence-corrected chi connectivity index (χ1v) is 8.74. The van der Waals surface area contributed by atoms with Crippen molar-refractivity contribution in [1.82, 2.24) is 10.2 Å². The van der Waals surface area contributed by atoms with Crippen LogP contribution >= 0.6 is 0 Å². The number of carbonyl (C=O) groups excluding carboxylic acids is 2. The van der Waals surface area contributed by atoms with Gasteiger partial charge in [-0.3, -0.25) is 9.59 Å². The van der Waals surface area contributed by atoms with Gasteiger partial charge in [-0.25, -0.2) is 0 Å². The minimum atomic E-state index is -0.802. The van der Waals surface area contributed by atoms with Crippen LogP contribution in [0.25, 0.3) is 5.69 Å². The Morgan fingerprint density at radius 2 is 1.96 bits per heavy atom. The fraction of sp³-hybridized carbons (Fsp3) is 0.444. The molecule has 0 aliphatic carbocycles. The fourth-order valence-electron chi connectivity index (χ4n) is 3.05. The molecule has 1 fully saturated rings. The molecule has 9 heteroatoms. The van der Waals surface area contributed by atoms with Crippen LogP contribution in [0.5, 0.6) is 11.7 Å². The zero-order valence-corrected chi connectivity index (χ0v) is 15.2. The Labute approximate surface area is 156 Å². The molecule has 1 amide bonds. The highest BCUT2D eigenvalue weighted by atomic mass is 16.6. The van der Waals surface area contributed by atoms with Crippen LogP contribution < -0.4 is 14.5 Å². The van der Waals surface area contributed by atoms with E-state index in [9.17, 15) is 14.7 Å². The lowest BCUT2D eigenvalue weighted by Crippen LogP contribution is -2.47. The highest BCUT2D eigenvalue weighted by molar-refractivity contribution is 5.92. The van der Waals surface area contributed by atoms with Gasteiger partial charge in [0.15, 0.2) is 5.95 Å². The van der Waals surface area contributed by atoms with E-state index in [1.54, 1.807) is 38.3 Å². The summed E-state index contributed by atoms with van der Waals surface area (Å²) in [5.41, 5.74) is 0.334. The molecule has 0 bridgehead atoms. The molecule has 3 rings (SSSR count). The van der Waals surface area contributed by atoms with E-state index in [0.717, 1.165) is 0 Å². The summed E-state index contributed by atoms with van der Waals surface area (Å²) in [6.45, 7) is 2.81. The molecule has 0 saturated carbocycles. The summed E-state index contributed by atoms with van der Waals surface area (Å²) in [6, 6.07) is 6.73. The summed E-state index contributed by atoms with van der Waals surface area (Å²) in [5, 5.41) is 15.8. The Bertz CT molecular complexity index is 809. The number of esters is 1. The lowest BCUT2D eigenvalue weighted by atomic mass is 9.97. The van der Waals surface area contributed by atoms with Crippen LogP contribution in [-0.4, -0.2) is 48.9 Å². The number of ether oxygens (including phenoxy) is 2. The van der Waals surface area contributed by atoms with Crippen molar-refractivity contribution < 1.29 is 33.4 Å². The summed E-state index contributed by atoms with van der Waals surface area (Å²) in [5.74, 6) is -1.11. The topological polar surface area (TPSA) is 109 Å². The van der Waals surface area contributed by atoms with Gasteiger partial charge in [-0.15, -0.1) is 0 Å². The second-order valence-electron chi connectivity index (χ2n) is 6.14. The number of amides is 1. The zero-order chi connectivity index (χ0) is 19.4. The molecule has 0 unspecified atom stereocenters. The Balaban J connectivity index is 1.76. The highest BCUT2D eigenvalue weighted by Crippen LogP contribution is 2.22. The molecular weight excluding hydrogens is 354 g/mol. The Kier molecular flexibility index (Phi) is 5.58. The Morgan fingerprint density at radius 1 is 1.30 bits per heavy atom. The van der Waals surface area contributed by atoms with Crippen LogP contribution in [0.2, 0.25) is 0 Å². The summed E-state index contributed by atoms with van der Waals surface area (Å²) in [4.78, 5) is 26.2. The van der Waals surface area contributed by atoms with E-state index in [1.165, 1.54) is 9.58 Å². The van der Waals surface area contributed by atoms with Gasteiger partial charge in [0.05, 0.1) is 24.9 Å². The second kappa shape index (κ2) is 8.07. The Morgan fingerprint density at radius 3 is 2.56 bits per heavy atom. The molecule has 2 aromatic rings. The molecular formula is C18H21N3O6. The van der Waals surface area contributed by atoms with Gasteiger partial charge in [0.1, 0.15) is 5.75 Å². The van der Waals surface area contributed by atoms with Crippen LogP contribution in [0, 0.1) is 5.92 Å². The van der Waals surface area contributed by atoms with E-state index in [0.29, 0.717) is 44.0 Å². The molecule has 1 aromatic carbocycles. The SMILES string of the molecule is CCOC(=O)C1CCN(C(=O)c2c([O-])on[n+]2-c2ccc(OC)cc2)CC1. The third-order valence-corrected chi connectivity index (χ3v) is 4.53. The maximum absolute atomic E-state index is 12.9. The van der Waals surface area contributed by atoms with Crippen molar-refractivity contribution in [3.63, 3.8) is 0 Å². The number of hydrogen-bond acceptors (Lipinski definition) is 7. The van der Waals surface area contributed by atoms with E-state index < -0.39 is 11.9 Å². The number of likely N-dealkylation sites (tertiary alicyclic amines) is 1. The Hall–Kier alpha value is -3.10. The average Bonchev–Trinajstić information content (AvgIpc) is 3.09.